The molecule has 0 spiro atoms. The van der Waals surface area contributed by atoms with Crippen molar-refractivity contribution in [2.24, 2.45) is 7.05 Å². The average Bonchev–Trinajstić information content (AvgIpc) is 2.89. The summed E-state index contributed by atoms with van der Waals surface area (Å²) in [4.78, 5) is 22.4. The lowest BCUT2D eigenvalue weighted by Crippen LogP contribution is -2.15. The van der Waals surface area contributed by atoms with Crippen LogP contribution in [0.2, 0.25) is 0 Å². The molecule has 1 amide bonds. The number of rotatable bonds is 5. The lowest BCUT2D eigenvalue weighted by atomic mass is 10.2. The largest absolute Gasteiger partial charge is 0.493 e. The number of anilines is 1. The summed E-state index contributed by atoms with van der Waals surface area (Å²) in [6.45, 7) is 0. The molecule has 0 atom stereocenters. The molecule has 2 rings (SSSR count). The fourth-order valence-electron chi connectivity index (χ4n) is 1.98. The van der Waals surface area contributed by atoms with Gasteiger partial charge in [0.2, 0.25) is 0 Å². The first kappa shape index (κ1) is 15.4. The zero-order valence-corrected chi connectivity index (χ0v) is 12.3. The Morgan fingerprint density at radius 3 is 2.45 bits per heavy atom. The van der Waals surface area contributed by atoms with Gasteiger partial charge in [-0.25, -0.2) is 0 Å². The van der Waals surface area contributed by atoms with Crippen LogP contribution in [0.1, 0.15) is 10.5 Å². The van der Waals surface area contributed by atoms with E-state index in [-0.39, 0.29) is 11.4 Å². The van der Waals surface area contributed by atoms with Crippen molar-refractivity contribution in [1.29, 1.82) is 0 Å². The second kappa shape index (κ2) is 6.17. The van der Waals surface area contributed by atoms with E-state index in [0.717, 1.165) is 0 Å². The third-order valence-electron chi connectivity index (χ3n) is 3.08. The maximum Gasteiger partial charge on any atom is 0.287 e. The number of benzene rings is 1. The predicted octanol–water partition coefficient (Wildman–Crippen LogP) is 2.20. The van der Waals surface area contributed by atoms with Crippen LogP contribution in [0.3, 0.4) is 0 Å². The van der Waals surface area contributed by atoms with Crippen LogP contribution in [-0.4, -0.2) is 29.6 Å². The Hall–Kier alpha value is -3.03. The van der Waals surface area contributed by atoms with E-state index in [1.54, 1.807) is 25.2 Å². The Morgan fingerprint density at radius 2 is 1.91 bits per heavy atom. The van der Waals surface area contributed by atoms with Crippen LogP contribution in [-0.2, 0) is 7.05 Å². The highest BCUT2D eigenvalue weighted by Crippen LogP contribution is 2.30. The second-order valence-corrected chi connectivity index (χ2v) is 4.48. The normalized spacial score (nSPS) is 10.1. The van der Waals surface area contributed by atoms with Gasteiger partial charge < -0.3 is 19.4 Å². The predicted molar refractivity (Wildman–Crippen MR) is 79.6 cm³/mol. The average molecular weight is 305 g/mol. The number of hydrogen-bond acceptors (Lipinski definition) is 5. The van der Waals surface area contributed by atoms with Crippen LogP contribution >= 0.6 is 0 Å². The van der Waals surface area contributed by atoms with Crippen molar-refractivity contribution in [3.8, 4) is 11.5 Å². The Labute approximate surface area is 126 Å². The first-order valence-electron chi connectivity index (χ1n) is 6.30. The molecule has 0 aliphatic heterocycles. The summed E-state index contributed by atoms with van der Waals surface area (Å²) >= 11 is 0. The molecule has 8 heteroatoms. The van der Waals surface area contributed by atoms with E-state index < -0.39 is 10.8 Å². The topological polar surface area (TPSA) is 95.6 Å². The van der Waals surface area contributed by atoms with E-state index in [4.69, 9.17) is 9.47 Å². The number of ether oxygens (including phenoxy) is 2. The summed E-state index contributed by atoms with van der Waals surface area (Å²) in [6.07, 6.45) is 1.28. The van der Waals surface area contributed by atoms with Gasteiger partial charge in [0, 0.05) is 24.9 Å². The number of amides is 1. The number of nitro groups is 1. The molecule has 1 aromatic heterocycles. The maximum atomic E-state index is 12.2. The van der Waals surface area contributed by atoms with Crippen LogP contribution < -0.4 is 14.8 Å². The molecule has 116 valence electrons. The summed E-state index contributed by atoms with van der Waals surface area (Å²) in [5.74, 6) is 0.552. The number of carbonyl (C=O) groups excluding carboxylic acids is 1. The fourth-order valence-corrected chi connectivity index (χ4v) is 1.98. The Balaban J connectivity index is 2.23. The molecule has 0 saturated carbocycles. The molecule has 1 aromatic carbocycles. The van der Waals surface area contributed by atoms with Crippen molar-refractivity contribution >= 4 is 17.3 Å². The molecule has 0 bridgehead atoms. The van der Waals surface area contributed by atoms with Crippen LogP contribution in [0.15, 0.2) is 30.5 Å². The monoisotopic (exact) mass is 305 g/mol. The van der Waals surface area contributed by atoms with Gasteiger partial charge in [0.05, 0.1) is 25.3 Å². The first-order chi connectivity index (χ1) is 10.5. The van der Waals surface area contributed by atoms with E-state index in [1.807, 2.05) is 0 Å². The van der Waals surface area contributed by atoms with Crippen molar-refractivity contribution in [3.05, 3.63) is 46.3 Å². The zero-order chi connectivity index (χ0) is 16.3. The fraction of sp³-hybridized carbons (Fsp3) is 0.214. The molecule has 2 aromatic rings. The number of methoxy groups -OCH3 is 2. The third-order valence-corrected chi connectivity index (χ3v) is 3.08. The van der Waals surface area contributed by atoms with Crippen LogP contribution in [0, 0.1) is 10.1 Å². The first-order valence-corrected chi connectivity index (χ1v) is 6.30. The minimum atomic E-state index is -0.548. The van der Waals surface area contributed by atoms with Gasteiger partial charge >= 0.3 is 0 Å². The minimum Gasteiger partial charge on any atom is -0.493 e. The summed E-state index contributed by atoms with van der Waals surface area (Å²) in [7, 11) is 4.57. The molecule has 22 heavy (non-hydrogen) atoms. The van der Waals surface area contributed by atoms with Crippen molar-refractivity contribution < 1.29 is 19.2 Å². The molecule has 0 fully saturated rings. The van der Waals surface area contributed by atoms with Crippen molar-refractivity contribution in [2.75, 3.05) is 19.5 Å². The zero-order valence-electron chi connectivity index (χ0n) is 12.3. The Kier molecular flexibility index (Phi) is 4.31. The van der Waals surface area contributed by atoms with Gasteiger partial charge in [-0.2, -0.15) is 0 Å². The van der Waals surface area contributed by atoms with Crippen molar-refractivity contribution in [3.63, 3.8) is 0 Å². The van der Waals surface area contributed by atoms with E-state index >= 15 is 0 Å². The SMILES string of the molecule is COc1ccc(NC(=O)c2cc([N+](=O)[O-])cn2C)cc1OC. The minimum absolute atomic E-state index is 0.139. The molecule has 1 heterocycles. The summed E-state index contributed by atoms with van der Waals surface area (Å²) in [6, 6.07) is 6.13. The van der Waals surface area contributed by atoms with E-state index in [9.17, 15) is 14.9 Å². The van der Waals surface area contributed by atoms with Crippen molar-refractivity contribution in [1.82, 2.24) is 4.57 Å². The number of nitrogens with zero attached hydrogens (tertiary/aromatic N) is 2. The highest BCUT2D eigenvalue weighted by atomic mass is 16.6. The van der Waals surface area contributed by atoms with E-state index in [0.29, 0.717) is 17.2 Å². The van der Waals surface area contributed by atoms with E-state index in [1.165, 1.54) is 31.0 Å². The molecule has 0 saturated heterocycles. The van der Waals surface area contributed by atoms with Gasteiger partial charge in [-0.1, -0.05) is 0 Å². The smallest absolute Gasteiger partial charge is 0.287 e. The second-order valence-electron chi connectivity index (χ2n) is 4.48. The lowest BCUT2D eigenvalue weighted by Gasteiger charge is -2.10. The van der Waals surface area contributed by atoms with Gasteiger partial charge in [-0.3, -0.25) is 14.9 Å². The highest BCUT2D eigenvalue weighted by molar-refractivity contribution is 6.03. The Bertz CT molecular complexity index is 723. The third kappa shape index (κ3) is 3.00. The van der Waals surface area contributed by atoms with Gasteiger partial charge in [-0.05, 0) is 12.1 Å². The summed E-state index contributed by atoms with van der Waals surface area (Å²) in [5.41, 5.74) is 0.535. The van der Waals surface area contributed by atoms with Crippen molar-refractivity contribution in [2.45, 2.75) is 0 Å². The summed E-state index contributed by atoms with van der Waals surface area (Å²) in [5, 5.41) is 13.4. The quantitative estimate of drug-likeness (QED) is 0.675. The van der Waals surface area contributed by atoms with Gasteiger partial charge in [-0.15, -0.1) is 0 Å². The lowest BCUT2D eigenvalue weighted by molar-refractivity contribution is -0.384. The van der Waals surface area contributed by atoms with Crippen LogP contribution in [0.25, 0.3) is 0 Å². The molecule has 0 radical (unpaired) electrons. The molecule has 1 N–H and O–H groups in total. The van der Waals surface area contributed by atoms with Crippen LogP contribution in [0.4, 0.5) is 11.4 Å². The molecule has 0 aliphatic rings. The number of hydrogen-bond donors (Lipinski definition) is 1. The molecular formula is C14H15N3O5. The standard InChI is InChI=1S/C14H15N3O5/c1-16-8-10(17(19)20)7-11(16)14(18)15-9-4-5-12(21-2)13(6-9)22-3/h4-8H,1-3H3,(H,15,18). The number of aryl methyl sites for hydroxylation is 1. The van der Waals surface area contributed by atoms with Crippen LogP contribution in [0.5, 0.6) is 11.5 Å². The number of carbonyl (C=O) groups is 1. The summed E-state index contributed by atoms with van der Waals surface area (Å²) < 4.78 is 11.7. The highest BCUT2D eigenvalue weighted by Gasteiger charge is 2.18. The van der Waals surface area contributed by atoms with Gasteiger partial charge in [0.15, 0.2) is 11.5 Å². The molecule has 0 aliphatic carbocycles. The molecular weight excluding hydrogens is 290 g/mol. The number of nitrogens with one attached hydrogen (secondary N) is 1. The maximum absolute atomic E-state index is 12.2. The molecule has 8 nitrogen and oxygen atoms in total. The van der Waals surface area contributed by atoms with Gasteiger partial charge in [0.25, 0.3) is 11.6 Å². The number of aromatic nitrogens is 1. The van der Waals surface area contributed by atoms with Gasteiger partial charge in [0.1, 0.15) is 5.69 Å². The Morgan fingerprint density at radius 1 is 1.23 bits per heavy atom. The van der Waals surface area contributed by atoms with E-state index in [2.05, 4.69) is 5.32 Å². The molecule has 0 unspecified atom stereocenters.